The molecule has 0 aliphatic carbocycles. The smallest absolute Gasteiger partial charge is 0.353 e. The zero-order valence-electron chi connectivity index (χ0n) is 44.7. The Hall–Kier alpha value is -7.05. The Bertz CT molecular complexity index is 3190. The Balaban J connectivity index is 0.881. The second-order valence-electron chi connectivity index (χ2n) is 21.6. The SMILES string of the molecule is [B]n1nnc(C2=C(C[N+]34CCC(CNC(=O)c5cc(=O)c(OCc6ccc(OC)cc6)cn5Cc5ccc(OC)cc5C)(CC3)CC4)CS[C@@H]3[C@H](NC(=O)/C(=N\OC(C)(C)C(=O)OC(C)(C)C)c4csc(C)n4)C(=O)N23)n1. The lowest BCUT2D eigenvalue weighted by Gasteiger charge is -2.56. The van der Waals surface area contributed by atoms with Crippen LogP contribution in [0.1, 0.15) is 97.6 Å². The fourth-order valence-corrected chi connectivity index (χ4v) is 12.0. The molecule has 77 heavy (non-hydrogen) atoms. The van der Waals surface area contributed by atoms with E-state index in [9.17, 15) is 24.0 Å². The number of esters is 1. The molecule has 2 N–H and O–H groups in total. The predicted octanol–water partition coefficient (Wildman–Crippen LogP) is 4.57. The van der Waals surface area contributed by atoms with Crippen LogP contribution < -0.4 is 30.3 Å². The number of benzene rings is 2. The number of hydrogen-bond acceptors (Lipinski definition) is 17. The first-order valence-corrected chi connectivity index (χ1v) is 27.2. The molecule has 404 valence electrons. The maximum atomic E-state index is 14.3. The number of tetrazole rings is 1. The monoisotopic (exact) mass is 1090 g/mol. The molecule has 5 aliphatic rings. The number of carbonyl (C=O) groups is 4. The molecule has 2 atom stereocenters. The van der Waals surface area contributed by atoms with Crippen LogP contribution in [0.5, 0.6) is 17.2 Å². The summed E-state index contributed by atoms with van der Waals surface area (Å²) in [6.45, 7) is 15.9. The average Bonchev–Trinajstić information content (AvgIpc) is 4.06. The molecule has 0 unspecified atom stereocenters. The van der Waals surface area contributed by atoms with Gasteiger partial charge in [-0.2, -0.15) is 0 Å². The van der Waals surface area contributed by atoms with E-state index in [2.05, 4.69) is 36.2 Å². The van der Waals surface area contributed by atoms with Gasteiger partial charge >= 0.3 is 5.97 Å². The summed E-state index contributed by atoms with van der Waals surface area (Å²) in [7, 11) is 9.14. The van der Waals surface area contributed by atoms with Gasteiger partial charge in [-0.3, -0.25) is 24.1 Å². The number of β-lactam (4-membered cyclic amide) rings is 1. The van der Waals surface area contributed by atoms with Crippen molar-refractivity contribution in [1.29, 1.82) is 0 Å². The zero-order valence-corrected chi connectivity index (χ0v) is 46.3. The maximum absolute atomic E-state index is 14.3. The van der Waals surface area contributed by atoms with Crippen molar-refractivity contribution in [3.05, 3.63) is 115 Å². The molecule has 4 saturated heterocycles. The van der Waals surface area contributed by atoms with E-state index in [4.69, 9.17) is 31.8 Å². The summed E-state index contributed by atoms with van der Waals surface area (Å²) in [5, 5.41) is 24.5. The topological polar surface area (TPSA) is 233 Å². The first-order chi connectivity index (χ1) is 36.6. The highest BCUT2D eigenvalue weighted by Crippen LogP contribution is 2.48. The second kappa shape index (κ2) is 21.8. The number of pyridine rings is 1. The van der Waals surface area contributed by atoms with Crippen molar-refractivity contribution in [1.82, 2.24) is 45.2 Å². The van der Waals surface area contributed by atoms with Crippen LogP contribution in [-0.4, -0.2) is 152 Å². The van der Waals surface area contributed by atoms with Gasteiger partial charge in [0.2, 0.25) is 16.9 Å². The third kappa shape index (κ3) is 11.9. The Kier molecular flexibility index (Phi) is 15.5. The molecule has 2 aromatic carbocycles. The van der Waals surface area contributed by atoms with Crippen LogP contribution in [-0.2, 0) is 37.1 Å². The van der Waals surface area contributed by atoms with E-state index < -0.39 is 39.9 Å². The normalized spacial score (nSPS) is 21.2. The number of ether oxygens (including phenoxy) is 4. The van der Waals surface area contributed by atoms with Crippen molar-refractivity contribution in [2.45, 2.75) is 103 Å². The number of rotatable bonds is 19. The van der Waals surface area contributed by atoms with Crippen molar-refractivity contribution >= 4 is 66.2 Å². The van der Waals surface area contributed by atoms with E-state index in [1.807, 2.05) is 49.4 Å². The predicted molar refractivity (Wildman–Crippen MR) is 289 cm³/mol. The van der Waals surface area contributed by atoms with Crippen LogP contribution in [0.4, 0.5) is 0 Å². The molecule has 2 radical (unpaired) electrons. The Morgan fingerprint density at radius 3 is 2.29 bits per heavy atom. The van der Waals surface area contributed by atoms with E-state index in [0.29, 0.717) is 47.6 Å². The molecule has 5 aliphatic heterocycles. The minimum absolute atomic E-state index is 0.126. The lowest BCUT2D eigenvalue weighted by molar-refractivity contribution is -0.941. The van der Waals surface area contributed by atoms with Gasteiger partial charge < -0.3 is 43.5 Å². The number of oxime groups is 1. The first-order valence-electron chi connectivity index (χ1n) is 25.3. The molecule has 4 fully saturated rings. The van der Waals surface area contributed by atoms with Crippen LogP contribution >= 0.6 is 23.1 Å². The van der Waals surface area contributed by atoms with E-state index in [-0.39, 0.29) is 52.5 Å². The maximum Gasteiger partial charge on any atom is 0.353 e. The minimum Gasteiger partial charge on any atom is -0.497 e. The summed E-state index contributed by atoms with van der Waals surface area (Å²) in [6, 6.07) is 13.6. The van der Waals surface area contributed by atoms with Gasteiger partial charge in [0.25, 0.3) is 25.7 Å². The highest BCUT2D eigenvalue weighted by atomic mass is 32.2. The van der Waals surface area contributed by atoms with E-state index in [1.54, 1.807) is 63.0 Å². The van der Waals surface area contributed by atoms with Gasteiger partial charge in [0, 0.05) is 60.5 Å². The number of amides is 3. The highest BCUT2D eigenvalue weighted by Gasteiger charge is 2.56. The number of methoxy groups -OCH3 is 2. The lowest BCUT2D eigenvalue weighted by atomic mass is 9.70. The quantitative estimate of drug-likeness (QED) is 0.0288. The fourth-order valence-electron chi connectivity index (χ4n) is 10.0. The molecule has 3 aromatic heterocycles. The molecule has 0 saturated carbocycles. The Morgan fingerprint density at radius 2 is 1.66 bits per heavy atom. The Labute approximate surface area is 455 Å². The number of thiazole rings is 1. The molecule has 2 bridgehead atoms. The number of nitrogens with zero attached hydrogens (tertiary/aromatic N) is 9. The van der Waals surface area contributed by atoms with Gasteiger partial charge in [0.05, 0.1) is 50.8 Å². The summed E-state index contributed by atoms with van der Waals surface area (Å²) >= 11 is 2.83. The number of nitrogens with one attached hydrogen (secondary N) is 2. The van der Waals surface area contributed by atoms with Gasteiger partial charge in [-0.1, -0.05) is 28.6 Å². The highest BCUT2D eigenvalue weighted by molar-refractivity contribution is 8.00. The number of thioether (sulfide) groups is 1. The summed E-state index contributed by atoms with van der Waals surface area (Å²) < 4.78 is 25.7. The van der Waals surface area contributed by atoms with Gasteiger partial charge in [-0.25, -0.2) is 14.5 Å². The van der Waals surface area contributed by atoms with Crippen molar-refractivity contribution < 1.29 is 47.4 Å². The van der Waals surface area contributed by atoms with Crippen LogP contribution in [0.15, 0.2) is 75.6 Å². The molecule has 5 aromatic rings. The summed E-state index contributed by atoms with van der Waals surface area (Å²) in [5.74, 6) is 0.146. The third-order valence-electron chi connectivity index (χ3n) is 14.6. The number of carbonyl (C=O) groups excluding carboxylic acids is 4. The van der Waals surface area contributed by atoms with Crippen molar-refractivity contribution in [3.63, 3.8) is 0 Å². The van der Waals surface area contributed by atoms with Crippen LogP contribution in [0.2, 0.25) is 0 Å². The average molecular weight is 1090 g/mol. The van der Waals surface area contributed by atoms with Gasteiger partial charge in [-0.05, 0) is 89.4 Å². The fraction of sp³-hybridized carbons (Fsp3) is 0.472. The molecule has 21 nitrogen and oxygen atoms in total. The van der Waals surface area contributed by atoms with Crippen LogP contribution in [0.3, 0.4) is 0 Å². The molecule has 8 heterocycles. The van der Waals surface area contributed by atoms with Crippen molar-refractivity contribution in [3.8, 4) is 17.2 Å². The molecule has 10 rings (SSSR count). The van der Waals surface area contributed by atoms with Gasteiger partial charge in [-0.15, -0.1) is 33.3 Å². The minimum atomic E-state index is -1.56. The summed E-state index contributed by atoms with van der Waals surface area (Å²) in [5.41, 5.74) is 1.58. The first kappa shape index (κ1) is 54.7. The molecular weight excluding hydrogens is 1030 g/mol. The largest absolute Gasteiger partial charge is 0.497 e. The summed E-state index contributed by atoms with van der Waals surface area (Å²) in [4.78, 5) is 81.0. The molecule has 3 amide bonds. The molecule has 24 heteroatoms. The van der Waals surface area contributed by atoms with E-state index in [0.717, 1.165) is 70.4 Å². The summed E-state index contributed by atoms with van der Waals surface area (Å²) in [6.07, 6.45) is 4.15. The number of piperidine rings is 3. The standard InChI is InChI=1S/C53H62BN11O10S2/c1-31-22-37(72-9)15-12-34(31)24-62-25-41(73-27-33-10-13-36(71-8)14-11-33)40(66)23-39(62)46(67)55-30-53-16-19-65(20-17-53,21-18-53)26-35-28-77-49-43(48(69)63(49)44(35)45-58-61-64(54)59-45)57-47(68)42(38-29-76-32(2)56-38)60-75-52(6,7)50(70)74-51(3,4)5/h10-15,22-23,25,29,43,49H,16-21,24,26-28,30H2,1-9H3,(H-,55,57,67,68)/p+1/b60-42-/t43-,49-,53?,65?/m1/s1. The number of aromatic nitrogens is 6. The second-order valence-corrected chi connectivity index (χ2v) is 23.8. The number of quaternary nitrogens is 1. The molecule has 0 spiro atoms. The number of fused-ring (bicyclic) bond motifs is 4. The zero-order chi connectivity index (χ0) is 55.0. The molecular formula is C53H63BN11O10S2+. The van der Waals surface area contributed by atoms with Crippen molar-refractivity contribution in [2.24, 2.45) is 10.6 Å². The van der Waals surface area contributed by atoms with E-state index in [1.165, 1.54) is 43.0 Å². The third-order valence-corrected chi connectivity index (χ3v) is 16.7. The number of aryl methyl sites for hydroxylation is 2. The number of hydrogen-bond donors (Lipinski definition) is 2. The van der Waals surface area contributed by atoms with Crippen molar-refractivity contribution in [2.75, 3.05) is 52.7 Å². The van der Waals surface area contributed by atoms with Crippen LogP contribution in [0.25, 0.3) is 5.70 Å². The Morgan fingerprint density at radius 1 is 0.961 bits per heavy atom. The van der Waals surface area contributed by atoms with Gasteiger partial charge in [0.1, 0.15) is 53.1 Å². The van der Waals surface area contributed by atoms with E-state index >= 15 is 0 Å². The van der Waals surface area contributed by atoms with Gasteiger partial charge in [0.15, 0.2) is 11.5 Å². The van der Waals surface area contributed by atoms with Crippen LogP contribution in [0, 0.1) is 19.3 Å². The lowest BCUT2D eigenvalue weighted by Crippen LogP contribution is -2.70.